The van der Waals surface area contributed by atoms with Gasteiger partial charge in [-0.3, -0.25) is 4.79 Å². The van der Waals surface area contributed by atoms with Crippen molar-refractivity contribution in [1.29, 1.82) is 0 Å². The molecule has 0 aliphatic carbocycles. The molecule has 2 heterocycles. The van der Waals surface area contributed by atoms with Crippen LogP contribution in [0.25, 0.3) is 5.65 Å². The van der Waals surface area contributed by atoms with Gasteiger partial charge in [0.1, 0.15) is 5.65 Å². The first-order chi connectivity index (χ1) is 9.56. The zero-order valence-corrected chi connectivity index (χ0v) is 12.2. The monoisotopic (exact) mass is 275 g/mol. The minimum absolute atomic E-state index is 0.0716. The molecule has 2 aromatic heterocycles. The lowest BCUT2D eigenvalue weighted by Crippen LogP contribution is -2.25. The Bertz CT molecular complexity index is 590. The van der Waals surface area contributed by atoms with Crippen molar-refractivity contribution in [1.82, 2.24) is 14.7 Å². The molecule has 0 unspecified atom stereocenters. The number of aryl methyl sites for hydroxylation is 1. The molecule has 0 saturated carbocycles. The average Bonchev–Trinajstić information content (AvgIpc) is 2.76. The largest absolute Gasteiger partial charge is 0.379 e. The minimum Gasteiger partial charge on any atom is -0.379 e. The maximum absolute atomic E-state index is 12.0. The highest BCUT2D eigenvalue weighted by Gasteiger charge is 2.07. The van der Waals surface area contributed by atoms with Crippen LogP contribution in [0.3, 0.4) is 0 Å². The molecule has 20 heavy (non-hydrogen) atoms. The Morgan fingerprint density at radius 3 is 3.05 bits per heavy atom. The zero-order valence-electron chi connectivity index (χ0n) is 12.2. The van der Waals surface area contributed by atoms with Crippen LogP contribution in [-0.2, 0) is 4.74 Å². The predicted molar refractivity (Wildman–Crippen MR) is 78.0 cm³/mol. The SMILES string of the molecule is Cc1cn2ccc(C(=O)NCCCOC(C)C)cc2n1. The summed E-state index contributed by atoms with van der Waals surface area (Å²) in [5, 5.41) is 2.89. The van der Waals surface area contributed by atoms with E-state index in [1.165, 1.54) is 0 Å². The lowest BCUT2D eigenvalue weighted by atomic mass is 10.2. The van der Waals surface area contributed by atoms with Crippen LogP contribution in [0.15, 0.2) is 24.5 Å². The van der Waals surface area contributed by atoms with E-state index in [-0.39, 0.29) is 12.0 Å². The molecule has 2 aromatic rings. The van der Waals surface area contributed by atoms with Gasteiger partial charge >= 0.3 is 0 Å². The van der Waals surface area contributed by atoms with E-state index in [9.17, 15) is 4.79 Å². The predicted octanol–water partition coefficient (Wildman–Crippen LogP) is 2.19. The molecule has 5 nitrogen and oxygen atoms in total. The molecule has 0 saturated heterocycles. The van der Waals surface area contributed by atoms with Crippen molar-refractivity contribution >= 4 is 11.6 Å². The first-order valence-electron chi connectivity index (χ1n) is 6.91. The number of carbonyl (C=O) groups excluding carboxylic acids is 1. The number of nitrogens with zero attached hydrogens (tertiary/aromatic N) is 2. The summed E-state index contributed by atoms with van der Waals surface area (Å²) < 4.78 is 7.33. The van der Waals surface area contributed by atoms with E-state index in [2.05, 4.69) is 10.3 Å². The number of imidazole rings is 1. The van der Waals surface area contributed by atoms with Crippen LogP contribution in [-0.4, -0.2) is 34.5 Å². The third-order valence-corrected chi connectivity index (χ3v) is 2.90. The molecule has 0 aliphatic heterocycles. The Balaban J connectivity index is 1.87. The number of hydrogen-bond donors (Lipinski definition) is 1. The molecular formula is C15H21N3O2. The van der Waals surface area contributed by atoms with Crippen molar-refractivity contribution < 1.29 is 9.53 Å². The van der Waals surface area contributed by atoms with E-state index in [0.29, 0.717) is 18.7 Å². The highest BCUT2D eigenvalue weighted by atomic mass is 16.5. The Hall–Kier alpha value is -1.88. The summed E-state index contributed by atoms with van der Waals surface area (Å²) in [6.45, 7) is 7.21. The van der Waals surface area contributed by atoms with E-state index < -0.39 is 0 Å². The van der Waals surface area contributed by atoms with Crippen LogP contribution in [0.2, 0.25) is 0 Å². The normalized spacial score (nSPS) is 11.2. The van der Waals surface area contributed by atoms with Crippen molar-refractivity contribution in [3.05, 3.63) is 35.8 Å². The summed E-state index contributed by atoms with van der Waals surface area (Å²) >= 11 is 0. The second-order valence-electron chi connectivity index (χ2n) is 5.09. The van der Waals surface area contributed by atoms with Crippen LogP contribution in [0.1, 0.15) is 36.3 Å². The molecule has 0 aliphatic rings. The van der Waals surface area contributed by atoms with Gasteiger partial charge in [-0.15, -0.1) is 0 Å². The van der Waals surface area contributed by atoms with Crippen molar-refractivity contribution in [2.45, 2.75) is 33.3 Å². The highest BCUT2D eigenvalue weighted by Crippen LogP contribution is 2.07. The summed E-state index contributed by atoms with van der Waals surface area (Å²) in [6.07, 6.45) is 4.83. The van der Waals surface area contributed by atoms with Crippen LogP contribution in [0.4, 0.5) is 0 Å². The number of carbonyl (C=O) groups is 1. The number of amides is 1. The van der Waals surface area contributed by atoms with E-state index in [1.807, 2.05) is 37.6 Å². The summed E-state index contributed by atoms with van der Waals surface area (Å²) in [6, 6.07) is 3.60. The van der Waals surface area contributed by atoms with Crippen LogP contribution >= 0.6 is 0 Å². The second-order valence-corrected chi connectivity index (χ2v) is 5.09. The fourth-order valence-corrected chi connectivity index (χ4v) is 1.95. The molecule has 2 rings (SSSR count). The van der Waals surface area contributed by atoms with Gasteiger partial charge in [0.25, 0.3) is 5.91 Å². The van der Waals surface area contributed by atoms with Crippen LogP contribution in [0, 0.1) is 6.92 Å². The number of aromatic nitrogens is 2. The summed E-state index contributed by atoms with van der Waals surface area (Å²) in [7, 11) is 0. The zero-order chi connectivity index (χ0) is 14.5. The molecule has 0 aromatic carbocycles. The number of rotatable bonds is 6. The Kier molecular flexibility index (Phi) is 4.74. The number of hydrogen-bond acceptors (Lipinski definition) is 3. The van der Waals surface area contributed by atoms with Gasteiger partial charge in [0.2, 0.25) is 0 Å². The van der Waals surface area contributed by atoms with Gasteiger partial charge in [0.05, 0.1) is 11.8 Å². The lowest BCUT2D eigenvalue weighted by Gasteiger charge is -2.08. The minimum atomic E-state index is -0.0716. The maximum atomic E-state index is 12.0. The van der Waals surface area contributed by atoms with Gasteiger partial charge in [-0.2, -0.15) is 0 Å². The molecule has 108 valence electrons. The first kappa shape index (κ1) is 14.5. The molecule has 0 fully saturated rings. The highest BCUT2D eigenvalue weighted by molar-refractivity contribution is 5.94. The fourth-order valence-electron chi connectivity index (χ4n) is 1.95. The third-order valence-electron chi connectivity index (χ3n) is 2.90. The van der Waals surface area contributed by atoms with Gasteiger partial charge in [-0.05, 0) is 39.3 Å². The van der Waals surface area contributed by atoms with E-state index in [4.69, 9.17) is 4.74 Å². The standard InChI is InChI=1S/C15H21N3O2/c1-11(2)20-8-4-6-16-15(19)13-5-7-18-10-12(3)17-14(18)9-13/h5,7,9-11H,4,6,8H2,1-3H3,(H,16,19). The second kappa shape index (κ2) is 6.52. The van der Waals surface area contributed by atoms with Crippen molar-refractivity contribution in [2.24, 2.45) is 0 Å². The van der Waals surface area contributed by atoms with Gasteiger partial charge in [0, 0.05) is 31.1 Å². The maximum Gasteiger partial charge on any atom is 0.251 e. The number of ether oxygens (including phenoxy) is 1. The number of nitrogens with one attached hydrogen (secondary N) is 1. The van der Waals surface area contributed by atoms with Crippen LogP contribution < -0.4 is 5.32 Å². The van der Waals surface area contributed by atoms with Gasteiger partial charge in [-0.1, -0.05) is 0 Å². The lowest BCUT2D eigenvalue weighted by molar-refractivity contribution is 0.0757. The van der Waals surface area contributed by atoms with Crippen molar-refractivity contribution in [3.8, 4) is 0 Å². The van der Waals surface area contributed by atoms with E-state index >= 15 is 0 Å². The van der Waals surface area contributed by atoms with Gasteiger partial charge in [0.15, 0.2) is 0 Å². The van der Waals surface area contributed by atoms with Crippen molar-refractivity contribution in [3.63, 3.8) is 0 Å². The average molecular weight is 275 g/mol. The van der Waals surface area contributed by atoms with Gasteiger partial charge in [-0.25, -0.2) is 4.98 Å². The van der Waals surface area contributed by atoms with E-state index in [0.717, 1.165) is 17.8 Å². The fraction of sp³-hybridized carbons (Fsp3) is 0.467. The van der Waals surface area contributed by atoms with Gasteiger partial charge < -0.3 is 14.5 Å². The van der Waals surface area contributed by atoms with E-state index in [1.54, 1.807) is 12.1 Å². The third kappa shape index (κ3) is 3.81. The molecule has 5 heteroatoms. The topological polar surface area (TPSA) is 55.6 Å². The molecular weight excluding hydrogens is 254 g/mol. The molecule has 0 atom stereocenters. The summed E-state index contributed by atoms with van der Waals surface area (Å²) in [4.78, 5) is 16.4. The Morgan fingerprint density at radius 2 is 2.30 bits per heavy atom. The molecule has 1 amide bonds. The Labute approximate surface area is 119 Å². The Morgan fingerprint density at radius 1 is 1.50 bits per heavy atom. The van der Waals surface area contributed by atoms with Crippen molar-refractivity contribution in [2.75, 3.05) is 13.2 Å². The number of fused-ring (bicyclic) bond motifs is 1. The van der Waals surface area contributed by atoms with Crippen LogP contribution in [0.5, 0.6) is 0 Å². The first-order valence-corrected chi connectivity index (χ1v) is 6.91. The smallest absolute Gasteiger partial charge is 0.251 e. The number of pyridine rings is 1. The summed E-state index contributed by atoms with van der Waals surface area (Å²) in [5.41, 5.74) is 2.36. The quantitative estimate of drug-likeness (QED) is 0.822. The molecule has 0 radical (unpaired) electrons. The molecule has 1 N–H and O–H groups in total. The summed E-state index contributed by atoms with van der Waals surface area (Å²) in [5.74, 6) is -0.0716. The molecule has 0 bridgehead atoms. The molecule has 0 spiro atoms.